The van der Waals surface area contributed by atoms with E-state index in [1.54, 1.807) is 7.11 Å². The summed E-state index contributed by atoms with van der Waals surface area (Å²) < 4.78 is 10.1. The molecule has 4 nitrogen and oxygen atoms in total. The van der Waals surface area contributed by atoms with E-state index < -0.39 is 0 Å². The molecule has 0 heterocycles. The lowest BCUT2D eigenvalue weighted by atomic mass is 10.3. The minimum absolute atomic E-state index is 0.0837. The molecule has 0 saturated carbocycles. The molecular weight excluding hydrogens is 206 g/mol. The number of methoxy groups -OCH3 is 1. The molecule has 0 aliphatic carbocycles. The van der Waals surface area contributed by atoms with Gasteiger partial charge in [0.2, 0.25) is 0 Å². The minimum atomic E-state index is -0.266. The lowest BCUT2D eigenvalue weighted by Gasteiger charge is -2.10. The van der Waals surface area contributed by atoms with Crippen LogP contribution in [0, 0.1) is 0 Å². The van der Waals surface area contributed by atoms with Gasteiger partial charge in [-0.25, -0.2) is 0 Å². The van der Waals surface area contributed by atoms with Crippen LogP contribution in [0.5, 0.6) is 5.75 Å². The van der Waals surface area contributed by atoms with Crippen molar-refractivity contribution < 1.29 is 14.3 Å². The first-order chi connectivity index (χ1) is 7.61. The first-order valence-corrected chi connectivity index (χ1v) is 5.19. The van der Waals surface area contributed by atoms with Crippen molar-refractivity contribution >= 4 is 11.7 Å². The summed E-state index contributed by atoms with van der Waals surface area (Å²) in [4.78, 5) is 11.3. The monoisotopic (exact) mass is 223 g/mol. The molecule has 0 amide bonds. The van der Waals surface area contributed by atoms with E-state index in [1.807, 2.05) is 38.1 Å². The Morgan fingerprint density at radius 1 is 1.44 bits per heavy atom. The van der Waals surface area contributed by atoms with E-state index >= 15 is 0 Å². The maximum atomic E-state index is 11.3. The third-order valence-corrected chi connectivity index (χ3v) is 1.87. The van der Waals surface area contributed by atoms with Gasteiger partial charge >= 0.3 is 5.97 Å². The molecule has 0 bridgehead atoms. The van der Waals surface area contributed by atoms with E-state index in [2.05, 4.69) is 5.32 Å². The minimum Gasteiger partial charge on any atom is -0.497 e. The summed E-state index contributed by atoms with van der Waals surface area (Å²) >= 11 is 0. The lowest BCUT2D eigenvalue weighted by Crippen LogP contribution is -2.20. The average Bonchev–Trinajstić information content (AvgIpc) is 2.26. The van der Waals surface area contributed by atoms with Crippen molar-refractivity contribution in [2.45, 2.75) is 20.0 Å². The van der Waals surface area contributed by atoms with Crippen molar-refractivity contribution in [2.75, 3.05) is 19.0 Å². The zero-order chi connectivity index (χ0) is 12.0. The number of benzene rings is 1. The Morgan fingerprint density at radius 2 is 2.19 bits per heavy atom. The van der Waals surface area contributed by atoms with Crippen LogP contribution in [-0.2, 0) is 9.53 Å². The fourth-order valence-electron chi connectivity index (χ4n) is 1.21. The highest BCUT2D eigenvalue weighted by Gasteiger charge is 2.04. The van der Waals surface area contributed by atoms with Crippen LogP contribution in [0.25, 0.3) is 0 Å². The molecule has 88 valence electrons. The van der Waals surface area contributed by atoms with Gasteiger partial charge in [0.1, 0.15) is 12.3 Å². The number of nitrogens with one attached hydrogen (secondary N) is 1. The highest BCUT2D eigenvalue weighted by atomic mass is 16.5. The van der Waals surface area contributed by atoms with Gasteiger partial charge in [-0.05, 0) is 26.0 Å². The number of anilines is 1. The maximum Gasteiger partial charge on any atom is 0.325 e. The van der Waals surface area contributed by atoms with Crippen LogP contribution in [0.4, 0.5) is 5.69 Å². The molecule has 1 aromatic carbocycles. The van der Waals surface area contributed by atoms with Crippen molar-refractivity contribution in [1.29, 1.82) is 0 Å². The number of carbonyl (C=O) groups excluding carboxylic acids is 1. The number of carbonyl (C=O) groups is 1. The topological polar surface area (TPSA) is 47.6 Å². The standard InChI is InChI=1S/C12H17NO3/c1-9(2)16-12(14)8-13-10-5-4-6-11(7-10)15-3/h4-7,9,13H,8H2,1-3H3. The van der Waals surface area contributed by atoms with E-state index in [0.717, 1.165) is 11.4 Å². The van der Waals surface area contributed by atoms with Crippen molar-refractivity contribution in [1.82, 2.24) is 0 Å². The van der Waals surface area contributed by atoms with Crippen molar-refractivity contribution in [3.63, 3.8) is 0 Å². The van der Waals surface area contributed by atoms with Gasteiger partial charge in [0.05, 0.1) is 13.2 Å². The van der Waals surface area contributed by atoms with Gasteiger partial charge in [-0.1, -0.05) is 6.07 Å². The Labute approximate surface area is 95.6 Å². The second-order valence-electron chi connectivity index (χ2n) is 3.62. The van der Waals surface area contributed by atoms with Gasteiger partial charge in [0, 0.05) is 11.8 Å². The third kappa shape index (κ3) is 4.21. The van der Waals surface area contributed by atoms with Gasteiger partial charge in [-0.3, -0.25) is 4.79 Å². The highest BCUT2D eigenvalue weighted by molar-refractivity contribution is 5.75. The normalized spacial score (nSPS) is 10.0. The smallest absolute Gasteiger partial charge is 0.325 e. The van der Waals surface area contributed by atoms with Gasteiger partial charge in [-0.2, -0.15) is 0 Å². The Hall–Kier alpha value is -1.71. The molecular formula is C12H17NO3. The van der Waals surface area contributed by atoms with E-state index in [4.69, 9.17) is 9.47 Å². The predicted molar refractivity (Wildman–Crippen MR) is 62.7 cm³/mol. The van der Waals surface area contributed by atoms with E-state index in [9.17, 15) is 4.79 Å². The maximum absolute atomic E-state index is 11.3. The van der Waals surface area contributed by atoms with Crippen LogP contribution in [0.15, 0.2) is 24.3 Å². The summed E-state index contributed by atoms with van der Waals surface area (Å²) in [5, 5.41) is 2.97. The Morgan fingerprint density at radius 3 is 2.81 bits per heavy atom. The van der Waals surface area contributed by atoms with Crippen molar-refractivity contribution in [3.8, 4) is 5.75 Å². The number of ether oxygens (including phenoxy) is 2. The van der Waals surface area contributed by atoms with Crippen LogP contribution in [0.2, 0.25) is 0 Å². The molecule has 0 unspecified atom stereocenters. The number of hydrogen-bond donors (Lipinski definition) is 1. The first-order valence-electron chi connectivity index (χ1n) is 5.19. The van der Waals surface area contributed by atoms with Crippen LogP contribution >= 0.6 is 0 Å². The summed E-state index contributed by atoms with van der Waals surface area (Å²) in [6.07, 6.45) is -0.0837. The molecule has 0 spiro atoms. The van der Waals surface area contributed by atoms with Crippen LogP contribution in [0.1, 0.15) is 13.8 Å². The highest BCUT2D eigenvalue weighted by Crippen LogP contribution is 2.16. The van der Waals surface area contributed by atoms with Crippen LogP contribution in [-0.4, -0.2) is 25.7 Å². The molecule has 0 radical (unpaired) electrons. The number of rotatable bonds is 5. The molecule has 0 saturated heterocycles. The zero-order valence-electron chi connectivity index (χ0n) is 9.82. The van der Waals surface area contributed by atoms with Gasteiger partial charge in [0.15, 0.2) is 0 Å². The number of esters is 1. The molecule has 4 heteroatoms. The van der Waals surface area contributed by atoms with Gasteiger partial charge in [0.25, 0.3) is 0 Å². The van der Waals surface area contributed by atoms with E-state index in [0.29, 0.717) is 0 Å². The Bertz CT molecular complexity index is 350. The largest absolute Gasteiger partial charge is 0.497 e. The van der Waals surface area contributed by atoms with Crippen molar-refractivity contribution in [3.05, 3.63) is 24.3 Å². The molecule has 0 fully saturated rings. The van der Waals surface area contributed by atoms with Gasteiger partial charge in [-0.15, -0.1) is 0 Å². The zero-order valence-corrected chi connectivity index (χ0v) is 9.82. The Kier molecular flexibility index (Phi) is 4.64. The quantitative estimate of drug-likeness (QED) is 0.776. The predicted octanol–water partition coefficient (Wildman–Crippen LogP) is 2.06. The van der Waals surface area contributed by atoms with Crippen LogP contribution in [0.3, 0.4) is 0 Å². The summed E-state index contributed by atoms with van der Waals surface area (Å²) in [7, 11) is 1.60. The molecule has 1 rings (SSSR count). The molecule has 0 aliphatic heterocycles. The fourth-order valence-corrected chi connectivity index (χ4v) is 1.21. The molecule has 16 heavy (non-hydrogen) atoms. The van der Waals surface area contributed by atoms with E-state index in [-0.39, 0.29) is 18.6 Å². The SMILES string of the molecule is COc1cccc(NCC(=O)OC(C)C)c1. The molecule has 1 aromatic rings. The second-order valence-corrected chi connectivity index (χ2v) is 3.62. The molecule has 0 aliphatic rings. The van der Waals surface area contributed by atoms with Crippen molar-refractivity contribution in [2.24, 2.45) is 0 Å². The van der Waals surface area contributed by atoms with Gasteiger partial charge < -0.3 is 14.8 Å². The lowest BCUT2D eigenvalue weighted by molar-refractivity contribution is -0.145. The second kappa shape index (κ2) is 6.00. The summed E-state index contributed by atoms with van der Waals surface area (Å²) in [6, 6.07) is 7.39. The summed E-state index contributed by atoms with van der Waals surface area (Å²) in [6.45, 7) is 3.80. The summed E-state index contributed by atoms with van der Waals surface area (Å²) in [5.74, 6) is 0.486. The molecule has 0 atom stereocenters. The Balaban J connectivity index is 2.45. The number of hydrogen-bond acceptors (Lipinski definition) is 4. The molecule has 0 aromatic heterocycles. The summed E-state index contributed by atoms with van der Waals surface area (Å²) in [5.41, 5.74) is 0.833. The average molecular weight is 223 g/mol. The fraction of sp³-hybridized carbons (Fsp3) is 0.417. The first kappa shape index (κ1) is 12.4. The van der Waals surface area contributed by atoms with E-state index in [1.165, 1.54) is 0 Å². The third-order valence-electron chi connectivity index (χ3n) is 1.87. The van der Waals surface area contributed by atoms with Crippen LogP contribution < -0.4 is 10.1 Å². The molecule has 1 N–H and O–H groups in total.